The molecule has 6 nitrogen and oxygen atoms in total. The van der Waals surface area contributed by atoms with Crippen LogP contribution in [-0.2, 0) is 29.6 Å². The van der Waals surface area contributed by atoms with Crippen LogP contribution in [0.1, 0.15) is 33.4 Å². The quantitative estimate of drug-likeness (QED) is 0.385. The molecule has 0 aliphatic heterocycles. The highest BCUT2D eigenvalue weighted by atomic mass is 32.2. The van der Waals surface area contributed by atoms with Crippen molar-refractivity contribution in [3.8, 4) is 5.75 Å². The Kier molecular flexibility index (Phi) is 6.74. The molecule has 7 heteroatoms. The molecule has 0 atom stereocenters. The van der Waals surface area contributed by atoms with Crippen molar-refractivity contribution in [2.24, 2.45) is 0 Å². The lowest BCUT2D eigenvalue weighted by Crippen LogP contribution is -2.22. The number of nitrogens with zero attached hydrogens (tertiary/aromatic N) is 1. The zero-order chi connectivity index (χ0) is 23.6. The van der Waals surface area contributed by atoms with Gasteiger partial charge >= 0.3 is 10.1 Å². The van der Waals surface area contributed by atoms with Crippen LogP contribution in [0, 0.1) is 6.92 Å². The number of likely N-dealkylation sites (N-methyl/N-ethyl adjacent to an activating group) is 1. The van der Waals surface area contributed by atoms with Gasteiger partial charge in [-0.15, -0.1) is 0 Å². The summed E-state index contributed by atoms with van der Waals surface area (Å²) in [6, 6.07) is 16.1. The smallest absolute Gasteiger partial charge is 0.339 e. The van der Waals surface area contributed by atoms with Crippen molar-refractivity contribution in [3.63, 3.8) is 0 Å². The normalized spacial score (nSPS) is 12.9. The second-order valence-electron chi connectivity index (χ2n) is 8.75. The number of fused-ring (bicyclic) bond motifs is 2. The maximum Gasteiger partial charge on any atom is 0.339 e. The lowest BCUT2D eigenvalue weighted by atomic mass is 9.82. The van der Waals surface area contributed by atoms with Gasteiger partial charge in [-0.05, 0) is 85.6 Å². The van der Waals surface area contributed by atoms with Gasteiger partial charge in [0.15, 0.2) is 0 Å². The third-order valence-corrected chi connectivity index (χ3v) is 7.26. The first kappa shape index (κ1) is 23.3. The fourth-order valence-corrected chi connectivity index (χ4v) is 5.07. The summed E-state index contributed by atoms with van der Waals surface area (Å²) in [5.41, 5.74) is 7.39. The Morgan fingerprint density at radius 3 is 2.39 bits per heavy atom. The van der Waals surface area contributed by atoms with Gasteiger partial charge in [0.05, 0.1) is 6.61 Å². The largest absolute Gasteiger partial charge is 0.392 e. The van der Waals surface area contributed by atoms with Gasteiger partial charge in [0.1, 0.15) is 10.6 Å². The molecule has 3 aromatic rings. The number of hydrogen-bond acceptors (Lipinski definition) is 6. The summed E-state index contributed by atoms with van der Waals surface area (Å²) in [6.07, 6.45) is 1.33. The van der Waals surface area contributed by atoms with E-state index >= 15 is 0 Å². The number of benzene rings is 3. The minimum Gasteiger partial charge on any atom is -0.392 e. The number of aliphatic hydroxyl groups is 1. The molecule has 0 saturated heterocycles. The van der Waals surface area contributed by atoms with Gasteiger partial charge < -0.3 is 19.5 Å². The van der Waals surface area contributed by atoms with E-state index in [0.29, 0.717) is 18.6 Å². The summed E-state index contributed by atoms with van der Waals surface area (Å²) in [5.74, 6) is 0.304. The predicted octanol–water partition coefficient (Wildman–Crippen LogP) is 3.72. The van der Waals surface area contributed by atoms with E-state index in [0.717, 1.165) is 52.2 Å². The van der Waals surface area contributed by atoms with Crippen molar-refractivity contribution in [3.05, 3.63) is 88.0 Å². The van der Waals surface area contributed by atoms with Gasteiger partial charge in [0.2, 0.25) is 0 Å². The monoisotopic (exact) mass is 466 g/mol. The first-order chi connectivity index (χ1) is 15.8. The molecule has 174 valence electrons. The summed E-state index contributed by atoms with van der Waals surface area (Å²) < 4.78 is 30.9. The van der Waals surface area contributed by atoms with Crippen molar-refractivity contribution >= 4 is 15.8 Å². The molecule has 4 rings (SSSR count). The molecule has 0 unspecified atom stereocenters. The van der Waals surface area contributed by atoms with Gasteiger partial charge in [-0.2, -0.15) is 8.42 Å². The maximum absolute atomic E-state index is 12.7. The van der Waals surface area contributed by atoms with Gasteiger partial charge in [0, 0.05) is 25.2 Å². The fourth-order valence-electron chi connectivity index (χ4n) is 4.14. The number of rotatable bonds is 8. The van der Waals surface area contributed by atoms with Gasteiger partial charge in [-0.25, -0.2) is 0 Å². The molecule has 1 aliphatic carbocycles. The van der Waals surface area contributed by atoms with Crippen LogP contribution in [0.4, 0.5) is 5.69 Å². The summed E-state index contributed by atoms with van der Waals surface area (Å²) >= 11 is 0. The minimum absolute atomic E-state index is 0.00830. The van der Waals surface area contributed by atoms with Gasteiger partial charge in [0.25, 0.3) is 0 Å². The van der Waals surface area contributed by atoms with Crippen molar-refractivity contribution in [1.82, 2.24) is 4.90 Å². The second kappa shape index (κ2) is 9.55. The SMILES string of the molecule is Cc1ccc(S(=O)(=O)Oc2ccc3c(c2)Cc2c(NCCN(C)C)ccc(CO)c2C3)cc1. The summed E-state index contributed by atoms with van der Waals surface area (Å²) in [5, 5.41) is 13.4. The number of aryl methyl sites for hydroxylation is 1. The third-order valence-electron chi connectivity index (χ3n) is 6.00. The molecule has 1 aliphatic rings. The molecule has 0 fully saturated rings. The van der Waals surface area contributed by atoms with E-state index in [2.05, 4.69) is 10.2 Å². The molecular formula is C26H30N2O4S. The first-order valence-electron chi connectivity index (χ1n) is 11.0. The molecule has 3 aromatic carbocycles. The summed E-state index contributed by atoms with van der Waals surface area (Å²) in [4.78, 5) is 2.26. The Balaban J connectivity index is 1.61. The van der Waals surface area contributed by atoms with E-state index in [1.807, 2.05) is 45.3 Å². The number of anilines is 1. The van der Waals surface area contributed by atoms with Crippen LogP contribution < -0.4 is 9.50 Å². The van der Waals surface area contributed by atoms with E-state index in [1.165, 1.54) is 0 Å². The van der Waals surface area contributed by atoms with E-state index in [9.17, 15) is 13.5 Å². The van der Waals surface area contributed by atoms with Crippen LogP contribution in [-0.4, -0.2) is 45.6 Å². The molecule has 0 amide bonds. The fraction of sp³-hybridized carbons (Fsp3) is 0.308. The highest BCUT2D eigenvalue weighted by Crippen LogP contribution is 2.36. The third kappa shape index (κ3) is 5.21. The lowest BCUT2D eigenvalue weighted by molar-refractivity contribution is 0.280. The van der Waals surface area contributed by atoms with E-state index < -0.39 is 10.1 Å². The number of nitrogens with one attached hydrogen (secondary N) is 1. The molecule has 33 heavy (non-hydrogen) atoms. The molecule has 0 bridgehead atoms. The molecule has 2 N–H and O–H groups in total. The Hall–Kier alpha value is -2.87. The highest BCUT2D eigenvalue weighted by Gasteiger charge is 2.23. The summed E-state index contributed by atoms with van der Waals surface area (Å²) in [6.45, 7) is 3.61. The Bertz CT molecular complexity index is 1250. The van der Waals surface area contributed by atoms with Crippen molar-refractivity contribution < 1.29 is 17.7 Å². The minimum atomic E-state index is -3.91. The van der Waals surface area contributed by atoms with Crippen LogP contribution in [0.25, 0.3) is 0 Å². The predicted molar refractivity (Wildman–Crippen MR) is 130 cm³/mol. The van der Waals surface area contributed by atoms with Crippen molar-refractivity contribution in [1.29, 1.82) is 0 Å². The zero-order valence-corrected chi connectivity index (χ0v) is 20.1. The van der Waals surface area contributed by atoms with Crippen LogP contribution in [0.3, 0.4) is 0 Å². The Morgan fingerprint density at radius 1 is 0.970 bits per heavy atom. The first-order valence-corrected chi connectivity index (χ1v) is 12.4. The van der Waals surface area contributed by atoms with Crippen molar-refractivity contribution in [2.75, 3.05) is 32.5 Å². The molecule has 0 spiro atoms. The number of hydrogen-bond donors (Lipinski definition) is 2. The highest BCUT2D eigenvalue weighted by molar-refractivity contribution is 7.87. The molecule has 0 saturated carbocycles. The second-order valence-corrected chi connectivity index (χ2v) is 10.3. The Labute approximate surface area is 196 Å². The molecule has 0 aromatic heterocycles. The molecule has 0 heterocycles. The molecule has 0 radical (unpaired) electrons. The lowest BCUT2D eigenvalue weighted by Gasteiger charge is -2.26. The number of aliphatic hydroxyl groups excluding tert-OH is 1. The standard InChI is InChI=1S/C26H30N2O4S/c1-18-4-9-23(10-5-18)33(30,31)32-22-8-6-19-15-24-20(17-29)7-11-26(27-12-13-28(2)3)25(24)16-21(19)14-22/h4-11,14,27,29H,12-13,15-17H2,1-3H3. The van der Waals surface area contributed by atoms with Gasteiger partial charge in [-0.1, -0.05) is 29.8 Å². The van der Waals surface area contributed by atoms with E-state index in [4.69, 9.17) is 4.18 Å². The molecular weight excluding hydrogens is 436 g/mol. The zero-order valence-electron chi connectivity index (χ0n) is 19.3. The average molecular weight is 467 g/mol. The van der Waals surface area contributed by atoms with Crippen LogP contribution in [0.2, 0.25) is 0 Å². The maximum atomic E-state index is 12.7. The van der Waals surface area contributed by atoms with Crippen LogP contribution >= 0.6 is 0 Å². The topological polar surface area (TPSA) is 78.9 Å². The van der Waals surface area contributed by atoms with Crippen molar-refractivity contribution in [2.45, 2.75) is 31.3 Å². The van der Waals surface area contributed by atoms with Gasteiger partial charge in [-0.3, -0.25) is 0 Å². The average Bonchev–Trinajstić information content (AvgIpc) is 2.77. The van der Waals surface area contributed by atoms with Crippen LogP contribution in [0.5, 0.6) is 5.75 Å². The van der Waals surface area contributed by atoms with E-state index in [-0.39, 0.29) is 11.5 Å². The summed E-state index contributed by atoms with van der Waals surface area (Å²) in [7, 11) is 0.166. The Morgan fingerprint density at radius 2 is 1.70 bits per heavy atom. The van der Waals surface area contributed by atoms with Crippen LogP contribution in [0.15, 0.2) is 59.5 Å². The van der Waals surface area contributed by atoms with E-state index in [1.54, 1.807) is 30.3 Å².